The number of ether oxygens (including phenoxy) is 1. The maximum absolute atomic E-state index is 13.3. The number of aldehydes is 1. The lowest BCUT2D eigenvalue weighted by atomic mass is 10.1. The Morgan fingerprint density at radius 2 is 2.21 bits per heavy atom. The van der Waals surface area contributed by atoms with E-state index in [9.17, 15) is 14.3 Å². The second-order valence-corrected chi connectivity index (χ2v) is 2.94. The molecule has 0 aliphatic carbocycles. The van der Waals surface area contributed by atoms with Crippen molar-refractivity contribution >= 4 is 6.29 Å². The minimum Gasteiger partial charge on any atom is -0.364 e. The van der Waals surface area contributed by atoms with E-state index in [1.165, 1.54) is 13.2 Å². The number of carbonyl (C=O) groups excluding carboxylic acids is 1. The van der Waals surface area contributed by atoms with Crippen LogP contribution in [-0.2, 0) is 4.74 Å². The SMILES string of the molecule is COC(O)c1cc(C)c(C=O)cc1F. The van der Waals surface area contributed by atoms with Gasteiger partial charge in [-0.25, -0.2) is 4.39 Å². The summed E-state index contributed by atoms with van der Waals surface area (Å²) in [4.78, 5) is 10.5. The molecule has 1 unspecified atom stereocenters. The summed E-state index contributed by atoms with van der Waals surface area (Å²) in [6.07, 6.45) is -0.726. The van der Waals surface area contributed by atoms with E-state index in [1.54, 1.807) is 6.92 Å². The highest BCUT2D eigenvalue weighted by atomic mass is 19.1. The molecule has 3 nitrogen and oxygen atoms in total. The molecule has 0 spiro atoms. The van der Waals surface area contributed by atoms with Crippen molar-refractivity contribution in [3.8, 4) is 0 Å². The Morgan fingerprint density at radius 1 is 1.57 bits per heavy atom. The number of methoxy groups -OCH3 is 1. The maximum atomic E-state index is 13.3. The fourth-order valence-corrected chi connectivity index (χ4v) is 1.16. The number of carbonyl (C=O) groups is 1. The highest BCUT2D eigenvalue weighted by molar-refractivity contribution is 5.77. The van der Waals surface area contributed by atoms with Crippen molar-refractivity contribution in [3.63, 3.8) is 0 Å². The maximum Gasteiger partial charge on any atom is 0.183 e. The lowest BCUT2D eigenvalue weighted by molar-refractivity contribution is -0.0790. The molecular formula is C10H11FO3. The average Bonchev–Trinajstić information content (AvgIpc) is 2.19. The molecule has 0 saturated heterocycles. The molecule has 0 saturated carbocycles. The van der Waals surface area contributed by atoms with Crippen molar-refractivity contribution < 1.29 is 19.0 Å². The normalized spacial score (nSPS) is 12.6. The van der Waals surface area contributed by atoms with Crippen LogP contribution in [0, 0.1) is 12.7 Å². The third kappa shape index (κ3) is 1.97. The van der Waals surface area contributed by atoms with E-state index in [-0.39, 0.29) is 11.1 Å². The molecule has 1 atom stereocenters. The van der Waals surface area contributed by atoms with E-state index in [0.717, 1.165) is 6.07 Å². The van der Waals surface area contributed by atoms with Crippen LogP contribution in [0.1, 0.15) is 27.8 Å². The standard InChI is InChI=1S/C10H11FO3/c1-6-3-8(10(13)14-2)9(11)4-7(6)5-12/h3-5,10,13H,1-2H3. The zero-order valence-electron chi connectivity index (χ0n) is 7.95. The number of benzene rings is 1. The van der Waals surface area contributed by atoms with Gasteiger partial charge in [0.1, 0.15) is 12.1 Å². The second kappa shape index (κ2) is 4.30. The van der Waals surface area contributed by atoms with Crippen LogP contribution in [0.25, 0.3) is 0 Å². The molecule has 1 rings (SSSR count). The summed E-state index contributed by atoms with van der Waals surface area (Å²) in [5.74, 6) is -0.646. The molecule has 0 bridgehead atoms. The zero-order valence-corrected chi connectivity index (χ0v) is 7.95. The van der Waals surface area contributed by atoms with Gasteiger partial charge in [-0.3, -0.25) is 4.79 Å². The molecule has 14 heavy (non-hydrogen) atoms. The zero-order chi connectivity index (χ0) is 10.7. The van der Waals surface area contributed by atoms with Gasteiger partial charge in [-0.2, -0.15) is 0 Å². The molecule has 0 aliphatic rings. The predicted octanol–water partition coefficient (Wildman–Crippen LogP) is 1.58. The summed E-state index contributed by atoms with van der Waals surface area (Å²) in [6.45, 7) is 1.66. The molecule has 1 aromatic carbocycles. The van der Waals surface area contributed by atoms with E-state index in [2.05, 4.69) is 4.74 Å². The fourth-order valence-electron chi connectivity index (χ4n) is 1.16. The Balaban J connectivity index is 3.21. The van der Waals surface area contributed by atoms with Gasteiger partial charge in [0.25, 0.3) is 0 Å². The van der Waals surface area contributed by atoms with Gasteiger partial charge < -0.3 is 9.84 Å². The minimum absolute atomic E-state index is 0.0376. The topological polar surface area (TPSA) is 46.5 Å². The average molecular weight is 198 g/mol. The molecule has 0 aromatic heterocycles. The van der Waals surface area contributed by atoms with Gasteiger partial charge in [-0.15, -0.1) is 0 Å². The minimum atomic E-state index is -1.30. The van der Waals surface area contributed by atoms with Crippen LogP contribution in [0.5, 0.6) is 0 Å². The van der Waals surface area contributed by atoms with Crippen molar-refractivity contribution in [2.24, 2.45) is 0 Å². The molecule has 1 N–H and O–H groups in total. The highest BCUT2D eigenvalue weighted by Crippen LogP contribution is 2.20. The summed E-state index contributed by atoms with van der Waals surface area (Å²) in [6, 6.07) is 2.48. The number of aliphatic hydroxyl groups is 1. The molecule has 1 aromatic rings. The Labute approximate surface area is 81.1 Å². The van der Waals surface area contributed by atoms with E-state index in [4.69, 9.17) is 0 Å². The van der Waals surface area contributed by atoms with Crippen LogP contribution in [0.4, 0.5) is 4.39 Å². The first-order chi connectivity index (χ1) is 6.60. The predicted molar refractivity (Wildman–Crippen MR) is 48.5 cm³/mol. The number of aliphatic hydroxyl groups excluding tert-OH is 1. The van der Waals surface area contributed by atoms with Crippen LogP contribution in [-0.4, -0.2) is 18.5 Å². The van der Waals surface area contributed by atoms with Crippen molar-refractivity contribution in [2.75, 3.05) is 7.11 Å². The van der Waals surface area contributed by atoms with Gasteiger partial charge in [0.2, 0.25) is 0 Å². The van der Waals surface area contributed by atoms with Gasteiger partial charge in [0, 0.05) is 18.2 Å². The first kappa shape index (κ1) is 10.8. The molecule has 0 fully saturated rings. The molecule has 76 valence electrons. The van der Waals surface area contributed by atoms with E-state index >= 15 is 0 Å². The van der Waals surface area contributed by atoms with Crippen molar-refractivity contribution in [1.29, 1.82) is 0 Å². The molecule has 0 radical (unpaired) electrons. The third-order valence-corrected chi connectivity index (χ3v) is 2.00. The van der Waals surface area contributed by atoms with Crippen molar-refractivity contribution in [2.45, 2.75) is 13.2 Å². The molecule has 0 amide bonds. The van der Waals surface area contributed by atoms with Crippen LogP contribution in [0.15, 0.2) is 12.1 Å². The van der Waals surface area contributed by atoms with Gasteiger partial charge in [0.15, 0.2) is 6.29 Å². The molecular weight excluding hydrogens is 187 g/mol. The van der Waals surface area contributed by atoms with Crippen molar-refractivity contribution in [1.82, 2.24) is 0 Å². The lowest BCUT2D eigenvalue weighted by Gasteiger charge is -2.11. The van der Waals surface area contributed by atoms with Gasteiger partial charge in [-0.05, 0) is 24.6 Å². The Hall–Kier alpha value is -1.26. The third-order valence-electron chi connectivity index (χ3n) is 2.00. The summed E-state index contributed by atoms with van der Waals surface area (Å²) in [5, 5.41) is 9.25. The summed E-state index contributed by atoms with van der Waals surface area (Å²) in [7, 11) is 1.27. The van der Waals surface area contributed by atoms with Crippen LogP contribution in [0.2, 0.25) is 0 Å². The Bertz CT molecular complexity index is 349. The smallest absolute Gasteiger partial charge is 0.183 e. The summed E-state index contributed by atoms with van der Waals surface area (Å²) >= 11 is 0. The number of hydrogen-bond acceptors (Lipinski definition) is 3. The largest absolute Gasteiger partial charge is 0.364 e. The first-order valence-electron chi connectivity index (χ1n) is 4.06. The number of hydrogen-bond donors (Lipinski definition) is 1. The highest BCUT2D eigenvalue weighted by Gasteiger charge is 2.13. The van der Waals surface area contributed by atoms with Crippen LogP contribution >= 0.6 is 0 Å². The quantitative estimate of drug-likeness (QED) is 0.592. The molecule has 4 heteroatoms. The van der Waals surface area contributed by atoms with E-state index < -0.39 is 12.1 Å². The lowest BCUT2D eigenvalue weighted by Crippen LogP contribution is -2.04. The summed E-state index contributed by atoms with van der Waals surface area (Å²) < 4.78 is 17.8. The number of aryl methyl sites for hydroxylation is 1. The van der Waals surface area contributed by atoms with Crippen molar-refractivity contribution in [3.05, 3.63) is 34.6 Å². The molecule has 0 heterocycles. The first-order valence-corrected chi connectivity index (χ1v) is 4.06. The molecule has 0 aliphatic heterocycles. The number of rotatable bonds is 3. The monoisotopic (exact) mass is 198 g/mol. The second-order valence-electron chi connectivity index (χ2n) is 2.94. The number of halogens is 1. The Kier molecular flexibility index (Phi) is 3.33. The van der Waals surface area contributed by atoms with E-state index in [1.807, 2.05) is 0 Å². The van der Waals surface area contributed by atoms with Gasteiger partial charge in [-0.1, -0.05) is 0 Å². The van der Waals surface area contributed by atoms with Gasteiger partial charge >= 0.3 is 0 Å². The summed E-state index contributed by atoms with van der Waals surface area (Å²) in [5.41, 5.74) is 0.914. The van der Waals surface area contributed by atoms with Crippen LogP contribution < -0.4 is 0 Å². The van der Waals surface area contributed by atoms with E-state index in [0.29, 0.717) is 11.8 Å². The van der Waals surface area contributed by atoms with Crippen LogP contribution in [0.3, 0.4) is 0 Å². The Morgan fingerprint density at radius 3 is 2.71 bits per heavy atom. The van der Waals surface area contributed by atoms with Gasteiger partial charge in [0.05, 0.1) is 0 Å². The fraction of sp³-hybridized carbons (Fsp3) is 0.300.